The number of phenolic OH excluding ortho intramolecular Hbond substituents is 1. The van der Waals surface area contributed by atoms with Gasteiger partial charge in [0.2, 0.25) is 0 Å². The summed E-state index contributed by atoms with van der Waals surface area (Å²) in [6.45, 7) is 4.83. The highest BCUT2D eigenvalue weighted by Crippen LogP contribution is 2.25. The molecule has 0 fully saturated rings. The number of halogens is 1. The molecular formula is C17H20ClNO. The molecule has 0 aromatic heterocycles. The first-order valence-corrected chi connectivity index (χ1v) is 7.20. The molecule has 2 N–H and O–H groups in total. The molecule has 0 aliphatic carbocycles. The summed E-state index contributed by atoms with van der Waals surface area (Å²) in [5.41, 5.74) is 3.41. The Labute approximate surface area is 125 Å². The van der Waals surface area contributed by atoms with Gasteiger partial charge in [-0.1, -0.05) is 41.9 Å². The van der Waals surface area contributed by atoms with Crippen LogP contribution in [0, 0.1) is 6.92 Å². The molecule has 0 radical (unpaired) electrons. The number of phenols is 1. The van der Waals surface area contributed by atoms with Crippen molar-refractivity contribution in [2.24, 2.45) is 0 Å². The molecule has 0 aliphatic heterocycles. The second-order valence-electron chi connectivity index (χ2n) is 5.15. The molecule has 0 saturated carbocycles. The van der Waals surface area contributed by atoms with Gasteiger partial charge >= 0.3 is 0 Å². The summed E-state index contributed by atoms with van der Waals surface area (Å²) in [5, 5.41) is 13.8. The van der Waals surface area contributed by atoms with E-state index in [2.05, 4.69) is 43.4 Å². The van der Waals surface area contributed by atoms with Gasteiger partial charge < -0.3 is 10.4 Å². The van der Waals surface area contributed by atoms with Crippen molar-refractivity contribution in [3.8, 4) is 5.75 Å². The molecule has 1 unspecified atom stereocenters. The lowest BCUT2D eigenvalue weighted by Crippen LogP contribution is -2.28. The summed E-state index contributed by atoms with van der Waals surface area (Å²) in [5.74, 6) is 0.244. The van der Waals surface area contributed by atoms with Crippen LogP contribution in [-0.2, 0) is 13.0 Å². The number of rotatable bonds is 5. The number of hydrogen-bond acceptors (Lipinski definition) is 2. The third-order valence-corrected chi connectivity index (χ3v) is 3.86. The molecule has 2 nitrogen and oxygen atoms in total. The first-order valence-electron chi connectivity index (χ1n) is 6.82. The highest BCUT2D eigenvalue weighted by atomic mass is 35.5. The Balaban J connectivity index is 1.96. The van der Waals surface area contributed by atoms with Gasteiger partial charge in [0.05, 0.1) is 0 Å². The van der Waals surface area contributed by atoms with E-state index in [1.54, 1.807) is 18.2 Å². The van der Waals surface area contributed by atoms with Crippen LogP contribution < -0.4 is 5.32 Å². The summed E-state index contributed by atoms with van der Waals surface area (Å²) in [7, 11) is 0. The lowest BCUT2D eigenvalue weighted by molar-refractivity contribution is 0.458. The topological polar surface area (TPSA) is 32.3 Å². The average Bonchev–Trinajstić information content (AvgIpc) is 2.41. The molecule has 2 rings (SSSR count). The van der Waals surface area contributed by atoms with Gasteiger partial charge in [0.15, 0.2) is 0 Å². The van der Waals surface area contributed by atoms with Gasteiger partial charge in [-0.15, -0.1) is 0 Å². The lowest BCUT2D eigenvalue weighted by atomic mass is 10.0. The highest BCUT2D eigenvalue weighted by Gasteiger charge is 2.09. The predicted molar refractivity (Wildman–Crippen MR) is 84.3 cm³/mol. The SMILES string of the molecule is Cc1ccccc1CC(C)NCc1c(O)cccc1Cl. The molecule has 0 bridgehead atoms. The van der Waals surface area contributed by atoms with Crippen molar-refractivity contribution in [2.45, 2.75) is 32.9 Å². The van der Waals surface area contributed by atoms with Gasteiger partial charge in [0.25, 0.3) is 0 Å². The second kappa shape index (κ2) is 6.78. The summed E-state index contributed by atoms with van der Waals surface area (Å²) in [4.78, 5) is 0. The molecule has 0 amide bonds. The van der Waals surface area contributed by atoms with Gasteiger partial charge in [-0.05, 0) is 43.5 Å². The van der Waals surface area contributed by atoms with E-state index in [0.717, 1.165) is 12.0 Å². The molecule has 106 valence electrons. The molecule has 0 aliphatic rings. The Morgan fingerprint density at radius 3 is 2.60 bits per heavy atom. The zero-order valence-corrected chi connectivity index (χ0v) is 12.6. The molecule has 1 atom stereocenters. The fourth-order valence-electron chi connectivity index (χ4n) is 2.24. The largest absolute Gasteiger partial charge is 0.508 e. The van der Waals surface area contributed by atoms with E-state index >= 15 is 0 Å². The van der Waals surface area contributed by atoms with Gasteiger partial charge in [-0.3, -0.25) is 0 Å². The minimum absolute atomic E-state index is 0.244. The Hall–Kier alpha value is -1.51. The van der Waals surface area contributed by atoms with Crippen molar-refractivity contribution in [1.82, 2.24) is 5.32 Å². The number of nitrogens with one attached hydrogen (secondary N) is 1. The first kappa shape index (κ1) is 14.9. The number of hydrogen-bond donors (Lipinski definition) is 2. The zero-order chi connectivity index (χ0) is 14.5. The smallest absolute Gasteiger partial charge is 0.121 e. The molecule has 2 aromatic carbocycles. The van der Waals surface area contributed by atoms with Gasteiger partial charge in [0.1, 0.15) is 5.75 Å². The third-order valence-electron chi connectivity index (χ3n) is 3.51. The summed E-state index contributed by atoms with van der Waals surface area (Å²) in [6, 6.07) is 13.9. The quantitative estimate of drug-likeness (QED) is 0.869. The predicted octanol–water partition coefficient (Wildman–Crippen LogP) is 4.07. The Morgan fingerprint density at radius 1 is 1.15 bits per heavy atom. The summed E-state index contributed by atoms with van der Waals surface area (Å²) in [6.07, 6.45) is 0.956. The molecule has 3 heteroatoms. The molecule has 0 saturated heterocycles. The van der Waals surface area contributed by atoms with Gasteiger partial charge in [-0.25, -0.2) is 0 Å². The van der Waals surface area contributed by atoms with E-state index in [9.17, 15) is 5.11 Å². The Bertz CT molecular complexity index is 563. The Kier molecular flexibility index (Phi) is 5.05. The fraction of sp³-hybridized carbons (Fsp3) is 0.294. The van der Waals surface area contributed by atoms with E-state index in [0.29, 0.717) is 17.6 Å². The molecule has 2 aromatic rings. The second-order valence-corrected chi connectivity index (χ2v) is 5.56. The van der Waals surface area contributed by atoms with E-state index in [1.165, 1.54) is 11.1 Å². The van der Waals surface area contributed by atoms with Crippen LogP contribution in [0.5, 0.6) is 5.75 Å². The normalized spacial score (nSPS) is 12.3. The minimum Gasteiger partial charge on any atom is -0.508 e. The standard InChI is InChI=1S/C17H20ClNO/c1-12-6-3-4-7-14(12)10-13(2)19-11-15-16(18)8-5-9-17(15)20/h3-9,13,19-20H,10-11H2,1-2H3. The van der Waals surface area contributed by atoms with E-state index in [4.69, 9.17) is 11.6 Å². The maximum Gasteiger partial charge on any atom is 0.121 e. The monoisotopic (exact) mass is 289 g/mol. The van der Waals surface area contributed by atoms with Crippen LogP contribution >= 0.6 is 11.6 Å². The zero-order valence-electron chi connectivity index (χ0n) is 11.9. The van der Waals surface area contributed by atoms with Crippen molar-refractivity contribution < 1.29 is 5.11 Å². The van der Waals surface area contributed by atoms with Crippen molar-refractivity contribution >= 4 is 11.6 Å². The maximum absolute atomic E-state index is 9.81. The maximum atomic E-state index is 9.81. The third kappa shape index (κ3) is 3.75. The van der Waals surface area contributed by atoms with E-state index < -0.39 is 0 Å². The molecule has 0 heterocycles. The number of benzene rings is 2. The highest BCUT2D eigenvalue weighted by molar-refractivity contribution is 6.31. The molecular weight excluding hydrogens is 270 g/mol. The van der Waals surface area contributed by atoms with Gasteiger partial charge in [0, 0.05) is 23.2 Å². The number of aromatic hydroxyl groups is 1. The van der Waals surface area contributed by atoms with Gasteiger partial charge in [-0.2, -0.15) is 0 Å². The van der Waals surface area contributed by atoms with Crippen molar-refractivity contribution in [1.29, 1.82) is 0 Å². The average molecular weight is 290 g/mol. The Morgan fingerprint density at radius 2 is 1.90 bits per heavy atom. The van der Waals surface area contributed by atoms with Crippen molar-refractivity contribution in [2.75, 3.05) is 0 Å². The summed E-state index contributed by atoms with van der Waals surface area (Å²) >= 11 is 6.10. The first-order chi connectivity index (χ1) is 9.58. The minimum atomic E-state index is 0.244. The van der Waals surface area contributed by atoms with Crippen LogP contribution in [0.15, 0.2) is 42.5 Å². The van der Waals surface area contributed by atoms with Crippen molar-refractivity contribution in [3.05, 3.63) is 64.2 Å². The van der Waals surface area contributed by atoms with Crippen LogP contribution in [-0.4, -0.2) is 11.1 Å². The van der Waals surface area contributed by atoms with Crippen LogP contribution in [0.25, 0.3) is 0 Å². The van der Waals surface area contributed by atoms with E-state index in [-0.39, 0.29) is 5.75 Å². The molecule has 20 heavy (non-hydrogen) atoms. The lowest BCUT2D eigenvalue weighted by Gasteiger charge is -2.16. The van der Waals surface area contributed by atoms with E-state index in [1.807, 2.05) is 0 Å². The van der Waals surface area contributed by atoms with Crippen LogP contribution in [0.2, 0.25) is 5.02 Å². The van der Waals surface area contributed by atoms with Crippen LogP contribution in [0.1, 0.15) is 23.6 Å². The van der Waals surface area contributed by atoms with Crippen molar-refractivity contribution in [3.63, 3.8) is 0 Å². The fourth-order valence-corrected chi connectivity index (χ4v) is 2.48. The van der Waals surface area contributed by atoms with Crippen LogP contribution in [0.3, 0.4) is 0 Å². The van der Waals surface area contributed by atoms with Crippen LogP contribution in [0.4, 0.5) is 0 Å². The molecule has 0 spiro atoms. The number of aryl methyl sites for hydroxylation is 1. The summed E-state index contributed by atoms with van der Waals surface area (Å²) < 4.78 is 0.